The van der Waals surface area contributed by atoms with Gasteiger partial charge in [-0.1, -0.05) is 42.1 Å². The second-order valence-electron chi connectivity index (χ2n) is 3.22. The van der Waals surface area contributed by atoms with Crippen LogP contribution in [0.25, 0.3) is 11.3 Å². The summed E-state index contributed by atoms with van der Waals surface area (Å²) in [7, 11) is 0. The van der Waals surface area contributed by atoms with Crippen molar-refractivity contribution in [2.24, 2.45) is 5.84 Å². The van der Waals surface area contributed by atoms with Crippen molar-refractivity contribution in [3.63, 3.8) is 0 Å². The fourth-order valence-corrected chi connectivity index (χ4v) is 2.88. The Kier molecular flexibility index (Phi) is 4.13. The van der Waals surface area contributed by atoms with E-state index in [2.05, 4.69) is 10.4 Å². The number of nitrogens with one attached hydrogen (secondary N) is 1. The summed E-state index contributed by atoms with van der Waals surface area (Å²) in [5.74, 6) is 5.09. The van der Waals surface area contributed by atoms with Gasteiger partial charge >= 0.3 is 0 Å². The van der Waals surface area contributed by atoms with Gasteiger partial charge in [-0.25, -0.2) is 10.8 Å². The lowest BCUT2D eigenvalue weighted by Crippen LogP contribution is -2.31. The topological polar surface area (TPSA) is 68.0 Å². The molecule has 1 aromatic heterocycles. The molecular formula is C11H11N3OS2. The Labute approximate surface area is 107 Å². The molecule has 0 unspecified atom stereocenters. The predicted octanol–water partition coefficient (Wildman–Crippen LogP) is 1.89. The number of thioether (sulfide) groups is 1. The van der Waals surface area contributed by atoms with Crippen molar-refractivity contribution in [2.45, 2.75) is 4.34 Å². The molecule has 1 aromatic carbocycles. The van der Waals surface area contributed by atoms with E-state index in [1.807, 2.05) is 35.7 Å². The van der Waals surface area contributed by atoms with E-state index < -0.39 is 0 Å². The highest BCUT2D eigenvalue weighted by molar-refractivity contribution is 8.01. The average Bonchev–Trinajstić information content (AvgIpc) is 2.86. The van der Waals surface area contributed by atoms with Crippen LogP contribution in [0.2, 0.25) is 0 Å². The van der Waals surface area contributed by atoms with Crippen LogP contribution in [-0.2, 0) is 4.79 Å². The van der Waals surface area contributed by atoms with E-state index in [1.165, 1.54) is 23.1 Å². The third-order valence-corrected chi connectivity index (χ3v) is 4.06. The van der Waals surface area contributed by atoms with Crippen molar-refractivity contribution < 1.29 is 4.79 Å². The summed E-state index contributed by atoms with van der Waals surface area (Å²) in [6.45, 7) is 0. The van der Waals surface area contributed by atoms with E-state index in [0.717, 1.165) is 15.6 Å². The Hall–Kier alpha value is -1.37. The molecule has 0 aliphatic carbocycles. The molecule has 3 N–H and O–H groups in total. The molecular weight excluding hydrogens is 254 g/mol. The number of carbonyl (C=O) groups is 1. The minimum absolute atomic E-state index is 0.202. The lowest BCUT2D eigenvalue weighted by atomic mass is 10.2. The van der Waals surface area contributed by atoms with Crippen molar-refractivity contribution in [2.75, 3.05) is 5.75 Å². The fraction of sp³-hybridized carbons (Fsp3) is 0.0909. The molecule has 0 fully saturated rings. The number of nitrogens with two attached hydrogens (primary N) is 1. The van der Waals surface area contributed by atoms with Crippen LogP contribution >= 0.6 is 23.1 Å². The smallest absolute Gasteiger partial charge is 0.244 e. The van der Waals surface area contributed by atoms with Crippen molar-refractivity contribution in [3.8, 4) is 11.3 Å². The number of nitrogens with zero attached hydrogens (tertiary/aromatic N) is 1. The maximum atomic E-state index is 11.0. The molecule has 4 nitrogen and oxygen atoms in total. The Morgan fingerprint density at radius 1 is 1.41 bits per heavy atom. The first-order valence-electron chi connectivity index (χ1n) is 4.93. The average molecular weight is 265 g/mol. The summed E-state index contributed by atoms with van der Waals surface area (Å²) in [4.78, 5) is 15.4. The molecule has 0 atom stereocenters. The lowest BCUT2D eigenvalue weighted by Gasteiger charge is -1.96. The van der Waals surface area contributed by atoms with Crippen LogP contribution in [0.1, 0.15) is 0 Å². The van der Waals surface area contributed by atoms with Crippen LogP contribution in [-0.4, -0.2) is 16.6 Å². The summed E-state index contributed by atoms with van der Waals surface area (Å²) in [6, 6.07) is 9.94. The van der Waals surface area contributed by atoms with E-state index in [-0.39, 0.29) is 11.7 Å². The minimum atomic E-state index is -0.202. The van der Waals surface area contributed by atoms with Crippen LogP contribution in [0.15, 0.2) is 40.1 Å². The molecule has 17 heavy (non-hydrogen) atoms. The third kappa shape index (κ3) is 3.29. The van der Waals surface area contributed by atoms with Gasteiger partial charge in [0.2, 0.25) is 5.91 Å². The highest BCUT2D eigenvalue weighted by Gasteiger charge is 2.06. The lowest BCUT2D eigenvalue weighted by molar-refractivity contribution is -0.118. The molecule has 2 aromatic rings. The highest BCUT2D eigenvalue weighted by Crippen LogP contribution is 2.27. The molecule has 1 heterocycles. The summed E-state index contributed by atoms with van der Waals surface area (Å²) < 4.78 is 0.868. The molecule has 0 saturated heterocycles. The van der Waals surface area contributed by atoms with Gasteiger partial charge in [-0.3, -0.25) is 10.2 Å². The van der Waals surface area contributed by atoms with Crippen LogP contribution in [0.5, 0.6) is 0 Å². The first-order valence-corrected chi connectivity index (χ1v) is 6.79. The van der Waals surface area contributed by atoms with Gasteiger partial charge in [-0.05, 0) is 0 Å². The molecule has 0 bridgehead atoms. The van der Waals surface area contributed by atoms with Crippen molar-refractivity contribution >= 4 is 29.0 Å². The normalized spacial score (nSPS) is 10.2. The Morgan fingerprint density at radius 3 is 2.88 bits per heavy atom. The quantitative estimate of drug-likeness (QED) is 0.383. The third-order valence-electron chi connectivity index (χ3n) is 2.04. The Morgan fingerprint density at radius 2 is 2.18 bits per heavy atom. The Balaban J connectivity index is 2.04. The van der Waals surface area contributed by atoms with E-state index in [4.69, 9.17) is 5.84 Å². The van der Waals surface area contributed by atoms with Crippen LogP contribution < -0.4 is 11.3 Å². The van der Waals surface area contributed by atoms with E-state index in [1.54, 1.807) is 0 Å². The second-order valence-corrected chi connectivity index (χ2v) is 5.30. The maximum Gasteiger partial charge on any atom is 0.244 e. The minimum Gasteiger partial charge on any atom is -0.294 e. The van der Waals surface area contributed by atoms with Gasteiger partial charge in [-0.2, -0.15) is 0 Å². The van der Waals surface area contributed by atoms with E-state index in [0.29, 0.717) is 0 Å². The van der Waals surface area contributed by atoms with E-state index in [9.17, 15) is 4.79 Å². The van der Waals surface area contributed by atoms with Gasteiger partial charge in [0.1, 0.15) is 0 Å². The number of benzene rings is 1. The summed E-state index contributed by atoms with van der Waals surface area (Å²) >= 11 is 2.91. The molecule has 6 heteroatoms. The first-order chi connectivity index (χ1) is 8.29. The molecule has 0 spiro atoms. The number of rotatable bonds is 4. The van der Waals surface area contributed by atoms with Crippen molar-refractivity contribution in [3.05, 3.63) is 35.7 Å². The predicted molar refractivity (Wildman–Crippen MR) is 70.6 cm³/mol. The zero-order valence-corrected chi connectivity index (χ0v) is 10.6. The van der Waals surface area contributed by atoms with Gasteiger partial charge in [0, 0.05) is 10.9 Å². The maximum absolute atomic E-state index is 11.0. The number of aromatic nitrogens is 1. The number of thiazole rings is 1. The zero-order valence-electron chi connectivity index (χ0n) is 8.92. The monoisotopic (exact) mass is 265 g/mol. The van der Waals surface area contributed by atoms with Gasteiger partial charge < -0.3 is 0 Å². The van der Waals surface area contributed by atoms with E-state index >= 15 is 0 Å². The molecule has 0 aliphatic rings. The zero-order chi connectivity index (χ0) is 12.1. The van der Waals surface area contributed by atoms with Crippen LogP contribution in [0.3, 0.4) is 0 Å². The summed E-state index contributed by atoms with van der Waals surface area (Å²) in [5, 5.41) is 1.98. The standard InChI is InChI=1S/C11H11N3OS2/c12-14-10(15)7-17-11-13-9(6-16-11)8-4-2-1-3-5-8/h1-6H,7,12H2,(H,14,15). The number of hydrogen-bond acceptors (Lipinski definition) is 5. The van der Waals surface area contributed by atoms with Gasteiger partial charge in [0.25, 0.3) is 0 Å². The van der Waals surface area contributed by atoms with Crippen molar-refractivity contribution in [1.82, 2.24) is 10.4 Å². The number of carbonyl (C=O) groups excluding carboxylic acids is 1. The number of hydrazine groups is 1. The first kappa shape index (κ1) is 12.1. The largest absolute Gasteiger partial charge is 0.294 e. The van der Waals surface area contributed by atoms with Crippen LogP contribution in [0.4, 0.5) is 0 Å². The summed E-state index contributed by atoms with van der Waals surface area (Å²) in [5.41, 5.74) is 4.11. The molecule has 2 rings (SSSR count). The number of hydrogen-bond donors (Lipinski definition) is 2. The molecule has 0 saturated carbocycles. The second kappa shape index (κ2) is 5.81. The highest BCUT2D eigenvalue weighted by atomic mass is 32.2. The van der Waals surface area contributed by atoms with Gasteiger partial charge in [0.15, 0.2) is 4.34 Å². The van der Waals surface area contributed by atoms with Crippen LogP contribution in [0, 0.1) is 0 Å². The molecule has 1 amide bonds. The van der Waals surface area contributed by atoms with Gasteiger partial charge in [-0.15, -0.1) is 11.3 Å². The molecule has 0 radical (unpaired) electrons. The van der Waals surface area contributed by atoms with Crippen molar-refractivity contribution in [1.29, 1.82) is 0 Å². The Bertz CT molecular complexity index is 498. The number of amides is 1. The molecule has 88 valence electrons. The summed E-state index contributed by atoms with van der Waals surface area (Å²) in [6.07, 6.45) is 0. The fourth-order valence-electron chi connectivity index (χ4n) is 1.23. The SMILES string of the molecule is NNC(=O)CSc1nc(-c2ccccc2)cs1. The van der Waals surface area contributed by atoms with Gasteiger partial charge in [0.05, 0.1) is 11.4 Å². The molecule has 0 aliphatic heterocycles.